The Morgan fingerprint density at radius 1 is 1.09 bits per heavy atom. The summed E-state index contributed by atoms with van der Waals surface area (Å²) in [5.74, 6) is 0.149. The van der Waals surface area contributed by atoms with E-state index in [1.165, 1.54) is 16.8 Å². The van der Waals surface area contributed by atoms with Crippen LogP contribution in [-0.2, 0) is 30.7 Å². The molecule has 4 rings (SSSR count). The van der Waals surface area contributed by atoms with E-state index < -0.39 is 0 Å². The van der Waals surface area contributed by atoms with Crippen molar-refractivity contribution in [3.8, 4) is 5.69 Å². The van der Waals surface area contributed by atoms with Crippen molar-refractivity contribution in [2.45, 2.75) is 66.1 Å². The molecule has 5 heteroatoms. The van der Waals surface area contributed by atoms with Gasteiger partial charge in [-0.05, 0) is 51.4 Å². The molecule has 0 N–H and O–H groups in total. The number of carbonyl (C=O) groups excluding carboxylic acids is 1. The zero-order valence-electron chi connectivity index (χ0n) is 20.4. The molecule has 174 valence electrons. The molecule has 0 unspecified atom stereocenters. The van der Waals surface area contributed by atoms with Crippen molar-refractivity contribution in [1.29, 1.82) is 0 Å². The zero-order valence-corrected chi connectivity index (χ0v) is 20.4. The summed E-state index contributed by atoms with van der Waals surface area (Å²) >= 11 is 0. The van der Waals surface area contributed by atoms with Gasteiger partial charge in [0.15, 0.2) is 0 Å². The Morgan fingerprint density at radius 3 is 2.48 bits per heavy atom. The van der Waals surface area contributed by atoms with Crippen molar-refractivity contribution < 1.29 is 4.79 Å². The molecule has 0 saturated heterocycles. The Labute approximate surface area is 198 Å². The molecular formula is C28H36N4O. The van der Waals surface area contributed by atoms with Crippen LogP contribution in [0.4, 0.5) is 0 Å². The molecule has 2 heterocycles. The number of carbonyl (C=O) groups is 1. The maximum atomic E-state index is 13.3. The van der Waals surface area contributed by atoms with Crippen LogP contribution >= 0.6 is 0 Å². The summed E-state index contributed by atoms with van der Waals surface area (Å²) in [5.41, 5.74) is 7.01. The summed E-state index contributed by atoms with van der Waals surface area (Å²) in [6.45, 7) is 12.1. The Bertz CT molecular complexity index is 1070. The average Bonchev–Trinajstić information content (AvgIpc) is 3.16. The van der Waals surface area contributed by atoms with Gasteiger partial charge in [0.05, 0.1) is 30.0 Å². The van der Waals surface area contributed by atoms with Crippen LogP contribution in [0.3, 0.4) is 0 Å². The van der Waals surface area contributed by atoms with E-state index in [4.69, 9.17) is 5.10 Å². The molecule has 0 bridgehead atoms. The Kier molecular flexibility index (Phi) is 7.29. The summed E-state index contributed by atoms with van der Waals surface area (Å²) in [6.07, 6.45) is 2.54. The van der Waals surface area contributed by atoms with Gasteiger partial charge in [0.25, 0.3) is 0 Å². The molecule has 3 aromatic rings. The molecule has 0 aliphatic carbocycles. The van der Waals surface area contributed by atoms with Gasteiger partial charge in [0.2, 0.25) is 5.91 Å². The lowest BCUT2D eigenvalue weighted by atomic mass is 10.0. The molecule has 33 heavy (non-hydrogen) atoms. The topological polar surface area (TPSA) is 41.4 Å². The Hall–Kier alpha value is -2.92. The average molecular weight is 445 g/mol. The number of hydrogen-bond acceptors (Lipinski definition) is 3. The first kappa shape index (κ1) is 23.2. The molecule has 0 radical (unpaired) electrons. The first-order valence-corrected chi connectivity index (χ1v) is 12.2. The molecule has 1 amide bonds. The monoisotopic (exact) mass is 444 g/mol. The summed E-state index contributed by atoms with van der Waals surface area (Å²) < 4.78 is 2.12. The van der Waals surface area contributed by atoms with E-state index in [0.717, 1.165) is 49.4 Å². The van der Waals surface area contributed by atoms with Crippen LogP contribution in [0.25, 0.3) is 5.69 Å². The van der Waals surface area contributed by atoms with Crippen LogP contribution in [0.5, 0.6) is 0 Å². The number of rotatable bonds is 8. The van der Waals surface area contributed by atoms with Gasteiger partial charge in [0.1, 0.15) is 0 Å². The van der Waals surface area contributed by atoms with Crippen LogP contribution in [0, 0.1) is 6.92 Å². The lowest BCUT2D eigenvalue weighted by Gasteiger charge is -2.29. The Morgan fingerprint density at radius 2 is 1.82 bits per heavy atom. The summed E-state index contributed by atoms with van der Waals surface area (Å²) in [6, 6.07) is 18.7. The molecule has 0 spiro atoms. The van der Waals surface area contributed by atoms with Gasteiger partial charge in [-0.15, -0.1) is 0 Å². The standard InChI is InChI=1S/C28H36N4O/c1-5-16-30-17-15-27-25(19-30)26(29-32(27)24-13-11-22(4)12-14-24)20-31(21(2)3)28(33)18-23-9-7-6-8-10-23/h6-14,21H,5,15-20H2,1-4H3. The molecular weight excluding hydrogens is 408 g/mol. The molecule has 0 atom stereocenters. The fourth-order valence-corrected chi connectivity index (χ4v) is 4.67. The number of amides is 1. The van der Waals surface area contributed by atoms with E-state index in [2.05, 4.69) is 61.5 Å². The van der Waals surface area contributed by atoms with Crippen molar-refractivity contribution >= 4 is 5.91 Å². The van der Waals surface area contributed by atoms with Crippen LogP contribution in [-0.4, -0.2) is 44.6 Å². The smallest absolute Gasteiger partial charge is 0.227 e. The highest BCUT2D eigenvalue weighted by Gasteiger charge is 2.28. The molecule has 2 aromatic carbocycles. The van der Waals surface area contributed by atoms with Crippen molar-refractivity contribution in [2.24, 2.45) is 0 Å². The SMILES string of the molecule is CCCN1CCc2c(c(CN(C(=O)Cc3ccccc3)C(C)C)nn2-c2ccc(C)cc2)C1. The second-order valence-corrected chi connectivity index (χ2v) is 9.42. The number of nitrogens with zero attached hydrogens (tertiary/aromatic N) is 4. The predicted octanol–water partition coefficient (Wildman–Crippen LogP) is 4.93. The summed E-state index contributed by atoms with van der Waals surface area (Å²) in [5, 5.41) is 5.09. The minimum atomic E-state index is 0.108. The second kappa shape index (κ2) is 10.3. The maximum absolute atomic E-state index is 13.3. The quantitative estimate of drug-likeness (QED) is 0.495. The van der Waals surface area contributed by atoms with E-state index >= 15 is 0 Å². The number of aromatic nitrogens is 2. The van der Waals surface area contributed by atoms with Crippen molar-refractivity contribution in [1.82, 2.24) is 19.6 Å². The molecule has 1 aromatic heterocycles. The van der Waals surface area contributed by atoms with Gasteiger partial charge in [-0.1, -0.05) is 55.0 Å². The molecule has 0 fully saturated rings. The van der Waals surface area contributed by atoms with Crippen LogP contribution in [0.2, 0.25) is 0 Å². The first-order chi connectivity index (χ1) is 16.0. The third-order valence-electron chi connectivity index (χ3n) is 6.50. The highest BCUT2D eigenvalue weighted by Crippen LogP contribution is 2.27. The van der Waals surface area contributed by atoms with Crippen molar-refractivity contribution in [3.05, 3.63) is 82.7 Å². The molecule has 5 nitrogen and oxygen atoms in total. The van der Waals surface area contributed by atoms with E-state index in [0.29, 0.717) is 13.0 Å². The number of aryl methyl sites for hydroxylation is 1. The lowest BCUT2D eigenvalue weighted by molar-refractivity contribution is -0.132. The summed E-state index contributed by atoms with van der Waals surface area (Å²) in [7, 11) is 0. The van der Waals surface area contributed by atoms with Gasteiger partial charge in [-0.25, -0.2) is 4.68 Å². The third-order valence-corrected chi connectivity index (χ3v) is 6.50. The maximum Gasteiger partial charge on any atom is 0.227 e. The van der Waals surface area contributed by atoms with E-state index in [1.807, 2.05) is 35.2 Å². The van der Waals surface area contributed by atoms with E-state index in [1.54, 1.807) is 0 Å². The molecule has 1 aliphatic heterocycles. The fraction of sp³-hybridized carbons (Fsp3) is 0.429. The van der Waals surface area contributed by atoms with Gasteiger partial charge in [-0.2, -0.15) is 5.10 Å². The first-order valence-electron chi connectivity index (χ1n) is 12.2. The highest BCUT2D eigenvalue weighted by molar-refractivity contribution is 5.79. The number of fused-ring (bicyclic) bond motifs is 1. The Balaban J connectivity index is 1.66. The molecule has 0 saturated carbocycles. The van der Waals surface area contributed by atoms with Crippen LogP contribution in [0.15, 0.2) is 54.6 Å². The minimum absolute atomic E-state index is 0.108. The van der Waals surface area contributed by atoms with Gasteiger partial charge in [-0.3, -0.25) is 9.69 Å². The van der Waals surface area contributed by atoms with Crippen LogP contribution < -0.4 is 0 Å². The van der Waals surface area contributed by atoms with Gasteiger partial charge in [0, 0.05) is 31.1 Å². The minimum Gasteiger partial charge on any atom is -0.334 e. The fourth-order valence-electron chi connectivity index (χ4n) is 4.67. The second-order valence-electron chi connectivity index (χ2n) is 9.42. The predicted molar refractivity (Wildman–Crippen MR) is 133 cm³/mol. The number of benzene rings is 2. The van der Waals surface area contributed by atoms with Gasteiger partial charge >= 0.3 is 0 Å². The van der Waals surface area contributed by atoms with E-state index in [-0.39, 0.29) is 11.9 Å². The highest BCUT2D eigenvalue weighted by atomic mass is 16.2. The zero-order chi connectivity index (χ0) is 23.4. The summed E-state index contributed by atoms with van der Waals surface area (Å²) in [4.78, 5) is 17.8. The normalized spacial score (nSPS) is 13.8. The third kappa shape index (κ3) is 5.36. The van der Waals surface area contributed by atoms with Crippen molar-refractivity contribution in [3.63, 3.8) is 0 Å². The van der Waals surface area contributed by atoms with E-state index in [9.17, 15) is 4.79 Å². The number of hydrogen-bond donors (Lipinski definition) is 0. The van der Waals surface area contributed by atoms with Crippen LogP contribution in [0.1, 0.15) is 55.3 Å². The molecule has 1 aliphatic rings. The largest absolute Gasteiger partial charge is 0.334 e. The lowest BCUT2D eigenvalue weighted by Crippen LogP contribution is -2.38. The van der Waals surface area contributed by atoms with Crippen molar-refractivity contribution in [2.75, 3.05) is 13.1 Å². The van der Waals surface area contributed by atoms with Gasteiger partial charge < -0.3 is 4.90 Å².